The Hall–Kier alpha value is -6.44. The molecular formula is C59H49N. The van der Waals surface area contributed by atoms with E-state index < -0.39 is 0 Å². The Morgan fingerprint density at radius 1 is 0.350 bits per heavy atom. The highest BCUT2D eigenvalue weighted by Crippen LogP contribution is 2.60. The lowest BCUT2D eigenvalue weighted by molar-refractivity contribution is 0.550. The fourth-order valence-electron chi connectivity index (χ4n) is 12.4. The lowest BCUT2D eigenvalue weighted by Gasteiger charge is -2.32. The Balaban J connectivity index is 1.13. The summed E-state index contributed by atoms with van der Waals surface area (Å²) in [6.07, 6.45) is 5.01. The molecule has 0 N–H and O–H groups in total. The number of hydrogen-bond donors (Lipinski definition) is 0. The van der Waals surface area contributed by atoms with Gasteiger partial charge in [0.2, 0.25) is 0 Å². The number of nitrogens with zero attached hydrogens (tertiary/aromatic N) is 1. The maximum atomic E-state index is 2.59. The van der Waals surface area contributed by atoms with E-state index >= 15 is 0 Å². The number of para-hydroxylation sites is 2. The zero-order valence-corrected chi connectivity index (χ0v) is 35.0. The van der Waals surface area contributed by atoms with Crippen LogP contribution in [0.3, 0.4) is 0 Å². The predicted molar refractivity (Wildman–Crippen MR) is 252 cm³/mol. The maximum Gasteiger partial charge on any atom is 0.0540 e. The molecule has 0 amide bonds. The molecule has 0 aromatic heterocycles. The Morgan fingerprint density at radius 3 is 1.48 bits per heavy atom. The smallest absolute Gasteiger partial charge is 0.0540 e. The van der Waals surface area contributed by atoms with Gasteiger partial charge in [0.1, 0.15) is 0 Å². The molecule has 1 spiro atoms. The number of hydrogen-bond acceptors (Lipinski definition) is 1. The van der Waals surface area contributed by atoms with Crippen molar-refractivity contribution in [1.29, 1.82) is 0 Å². The van der Waals surface area contributed by atoms with Gasteiger partial charge in [0.15, 0.2) is 0 Å². The predicted octanol–water partition coefficient (Wildman–Crippen LogP) is 15.9. The van der Waals surface area contributed by atoms with Crippen molar-refractivity contribution in [3.8, 4) is 55.6 Å². The normalized spacial score (nSPS) is 16.5. The van der Waals surface area contributed by atoms with Crippen LogP contribution in [0, 0.1) is 0 Å². The van der Waals surface area contributed by atoms with E-state index in [1.165, 1.54) is 132 Å². The van der Waals surface area contributed by atoms with E-state index in [2.05, 4.69) is 209 Å². The number of rotatable bonds is 5. The summed E-state index contributed by atoms with van der Waals surface area (Å²) in [4.78, 5) is 2.59. The molecule has 0 aliphatic heterocycles. The van der Waals surface area contributed by atoms with Crippen LogP contribution in [0.5, 0.6) is 0 Å². The zero-order valence-electron chi connectivity index (χ0n) is 35.0. The standard InChI is InChI=1S/C59H49N/c1-57(2)49-28-11-7-23-46(49)55-43(24-18-30-52(55)57)41-21-8-13-31-53(41)60(38-33-34-51-47(37-38)40-20-6-12-29-50(40)59(51)35-15-16-36-59)54-32-14-9-22-42(54)45-26-17-25-44-39-19-5-10-27-48(39)58(3,4)56(44)45/h5-14,17-34,37H,15-16,35-36H2,1-4H3. The summed E-state index contributed by atoms with van der Waals surface area (Å²) in [5.41, 5.74) is 25.2. The molecule has 12 rings (SSSR count). The average molecular weight is 772 g/mol. The van der Waals surface area contributed by atoms with Crippen molar-refractivity contribution >= 4 is 17.1 Å². The van der Waals surface area contributed by atoms with Crippen molar-refractivity contribution in [2.45, 2.75) is 69.6 Å². The monoisotopic (exact) mass is 771 g/mol. The molecule has 0 bridgehead atoms. The second-order valence-electron chi connectivity index (χ2n) is 18.7. The lowest BCUT2D eigenvalue weighted by atomic mass is 9.77. The molecule has 8 aromatic rings. The second kappa shape index (κ2) is 12.8. The van der Waals surface area contributed by atoms with Crippen molar-refractivity contribution in [3.63, 3.8) is 0 Å². The van der Waals surface area contributed by atoms with Gasteiger partial charge in [-0.25, -0.2) is 0 Å². The van der Waals surface area contributed by atoms with Crippen LogP contribution in [-0.2, 0) is 16.2 Å². The third kappa shape index (κ3) is 4.75. The summed E-state index contributed by atoms with van der Waals surface area (Å²) in [5, 5.41) is 0. The van der Waals surface area contributed by atoms with Crippen LogP contribution in [0.25, 0.3) is 55.6 Å². The van der Waals surface area contributed by atoms with Gasteiger partial charge in [0.25, 0.3) is 0 Å². The van der Waals surface area contributed by atoms with E-state index in [0.29, 0.717) is 0 Å². The second-order valence-corrected chi connectivity index (χ2v) is 18.7. The molecule has 0 atom stereocenters. The van der Waals surface area contributed by atoms with Gasteiger partial charge in [0.05, 0.1) is 11.4 Å². The van der Waals surface area contributed by atoms with Crippen molar-refractivity contribution in [3.05, 3.63) is 209 Å². The van der Waals surface area contributed by atoms with Crippen LogP contribution in [0.1, 0.15) is 86.8 Å². The first kappa shape index (κ1) is 35.5. The van der Waals surface area contributed by atoms with E-state index in [1.54, 1.807) is 0 Å². The van der Waals surface area contributed by atoms with Crippen molar-refractivity contribution in [2.24, 2.45) is 0 Å². The van der Waals surface area contributed by atoms with Gasteiger partial charge in [-0.15, -0.1) is 0 Å². The van der Waals surface area contributed by atoms with Crippen LogP contribution >= 0.6 is 0 Å². The molecule has 1 fully saturated rings. The van der Waals surface area contributed by atoms with E-state index in [9.17, 15) is 0 Å². The van der Waals surface area contributed by atoms with Gasteiger partial charge in [-0.05, 0) is 115 Å². The first-order valence-electron chi connectivity index (χ1n) is 22.0. The minimum Gasteiger partial charge on any atom is -0.309 e. The Morgan fingerprint density at radius 2 is 0.800 bits per heavy atom. The molecule has 290 valence electrons. The summed E-state index contributed by atoms with van der Waals surface area (Å²) in [7, 11) is 0. The highest BCUT2D eigenvalue weighted by Gasteiger charge is 2.45. The summed E-state index contributed by atoms with van der Waals surface area (Å²) in [5.74, 6) is 0. The van der Waals surface area contributed by atoms with E-state index in [1.807, 2.05) is 0 Å². The molecule has 1 nitrogen and oxygen atoms in total. The van der Waals surface area contributed by atoms with Crippen LogP contribution in [0.4, 0.5) is 17.1 Å². The van der Waals surface area contributed by atoms with Crippen molar-refractivity contribution in [1.82, 2.24) is 0 Å². The molecular weight excluding hydrogens is 723 g/mol. The Labute approximate surface area is 355 Å². The van der Waals surface area contributed by atoms with Gasteiger partial charge in [-0.1, -0.05) is 192 Å². The van der Waals surface area contributed by atoms with Crippen molar-refractivity contribution in [2.75, 3.05) is 4.90 Å². The van der Waals surface area contributed by atoms with Crippen LogP contribution in [-0.4, -0.2) is 0 Å². The quantitative estimate of drug-likeness (QED) is 0.168. The summed E-state index contributed by atoms with van der Waals surface area (Å²) in [6, 6.07) is 67.0. The molecule has 60 heavy (non-hydrogen) atoms. The van der Waals surface area contributed by atoms with E-state index in [-0.39, 0.29) is 16.2 Å². The minimum atomic E-state index is -0.157. The molecule has 0 unspecified atom stereocenters. The van der Waals surface area contributed by atoms with E-state index in [4.69, 9.17) is 0 Å². The van der Waals surface area contributed by atoms with Crippen molar-refractivity contribution < 1.29 is 0 Å². The molecule has 8 aromatic carbocycles. The molecule has 4 aliphatic carbocycles. The molecule has 0 heterocycles. The van der Waals surface area contributed by atoms with Gasteiger partial charge < -0.3 is 4.90 Å². The van der Waals surface area contributed by atoms with Gasteiger partial charge in [0, 0.05) is 33.1 Å². The van der Waals surface area contributed by atoms with E-state index in [0.717, 1.165) is 0 Å². The molecule has 0 saturated heterocycles. The summed E-state index contributed by atoms with van der Waals surface area (Å²) >= 11 is 0. The molecule has 1 saturated carbocycles. The first-order valence-corrected chi connectivity index (χ1v) is 22.0. The number of benzene rings is 8. The average Bonchev–Trinajstić information content (AvgIpc) is 4.01. The Bertz CT molecular complexity index is 3060. The van der Waals surface area contributed by atoms with Crippen LogP contribution in [0.2, 0.25) is 0 Å². The molecule has 0 radical (unpaired) electrons. The minimum absolute atomic E-state index is 0.0925. The fraction of sp³-hybridized carbons (Fsp3) is 0.186. The van der Waals surface area contributed by atoms with Crippen LogP contribution < -0.4 is 4.90 Å². The SMILES string of the molecule is CC1(C)c2ccccc2-c2c(-c3ccccc3N(c3ccc4c(c3)-c3ccccc3C43CCCC3)c3ccccc3-c3cccc4c3C(C)(C)c3ccccc3-4)cccc21. The topological polar surface area (TPSA) is 3.24 Å². The maximum absolute atomic E-state index is 2.59. The van der Waals surface area contributed by atoms with Gasteiger partial charge >= 0.3 is 0 Å². The summed E-state index contributed by atoms with van der Waals surface area (Å²) in [6.45, 7) is 9.58. The van der Waals surface area contributed by atoms with Gasteiger partial charge in [-0.3, -0.25) is 0 Å². The highest BCUT2D eigenvalue weighted by atomic mass is 15.1. The fourth-order valence-corrected chi connectivity index (χ4v) is 12.4. The summed E-state index contributed by atoms with van der Waals surface area (Å²) < 4.78 is 0. The molecule has 4 aliphatic rings. The third-order valence-corrected chi connectivity index (χ3v) is 15.0. The van der Waals surface area contributed by atoms with Gasteiger partial charge in [-0.2, -0.15) is 0 Å². The largest absolute Gasteiger partial charge is 0.309 e. The third-order valence-electron chi connectivity index (χ3n) is 15.0. The number of fused-ring (bicyclic) bond motifs is 11. The zero-order chi connectivity index (χ0) is 40.4. The van der Waals surface area contributed by atoms with Crippen LogP contribution in [0.15, 0.2) is 176 Å². The number of anilines is 3. The lowest BCUT2D eigenvalue weighted by Crippen LogP contribution is -2.20. The Kier molecular flexibility index (Phi) is 7.56. The first-order chi connectivity index (χ1) is 29.3. The highest BCUT2D eigenvalue weighted by molar-refractivity contribution is 6.01. The molecule has 1 heteroatoms.